The molecule has 2 N–H and O–H groups in total. The van der Waals surface area contributed by atoms with Gasteiger partial charge in [0.15, 0.2) is 0 Å². The lowest BCUT2D eigenvalue weighted by molar-refractivity contribution is 1.07. The van der Waals surface area contributed by atoms with Crippen molar-refractivity contribution < 1.29 is 0 Å². The van der Waals surface area contributed by atoms with Crippen molar-refractivity contribution in [3.8, 4) is 11.1 Å². The first-order valence-electron chi connectivity index (χ1n) is 5.93. The topological polar surface area (TPSA) is 38.9 Å². The van der Waals surface area contributed by atoms with Gasteiger partial charge in [0.2, 0.25) is 0 Å². The molecule has 0 aliphatic carbocycles. The second-order valence-corrected chi connectivity index (χ2v) is 5.55. The Morgan fingerprint density at radius 2 is 1.78 bits per heavy atom. The van der Waals surface area contributed by atoms with Crippen LogP contribution < -0.4 is 5.73 Å². The van der Waals surface area contributed by atoms with Crippen LogP contribution >= 0.6 is 11.3 Å². The molecule has 0 atom stereocenters. The van der Waals surface area contributed by atoms with E-state index in [0.29, 0.717) is 6.54 Å². The molecule has 0 radical (unpaired) electrons. The fourth-order valence-electron chi connectivity index (χ4n) is 2.05. The number of nitrogens with two attached hydrogens (primary N) is 1. The smallest absolute Gasteiger partial charge is 0.0907 e. The summed E-state index contributed by atoms with van der Waals surface area (Å²) in [6, 6.07) is 14.8. The van der Waals surface area contributed by atoms with Crippen molar-refractivity contribution in [3.05, 3.63) is 53.0 Å². The molecular formula is C15H14N2S. The molecule has 1 aromatic heterocycles. The van der Waals surface area contributed by atoms with Crippen LogP contribution in [0.1, 0.15) is 10.6 Å². The number of nitrogens with zero attached hydrogens (tertiary/aromatic N) is 1. The Bertz CT molecular complexity index is 683. The fraction of sp³-hybridized carbons (Fsp3) is 0.133. The lowest BCUT2D eigenvalue weighted by Gasteiger charge is -2.03. The van der Waals surface area contributed by atoms with Gasteiger partial charge >= 0.3 is 0 Å². The molecule has 0 aliphatic rings. The molecule has 18 heavy (non-hydrogen) atoms. The van der Waals surface area contributed by atoms with Gasteiger partial charge in [-0.2, -0.15) is 0 Å². The molecule has 0 unspecified atom stereocenters. The zero-order valence-corrected chi connectivity index (χ0v) is 11.0. The van der Waals surface area contributed by atoms with Crippen LogP contribution in [-0.4, -0.2) is 4.98 Å². The Morgan fingerprint density at radius 1 is 1.06 bits per heavy atom. The van der Waals surface area contributed by atoms with E-state index in [-0.39, 0.29) is 0 Å². The first-order valence-corrected chi connectivity index (χ1v) is 6.74. The van der Waals surface area contributed by atoms with E-state index in [4.69, 9.17) is 5.73 Å². The van der Waals surface area contributed by atoms with Crippen molar-refractivity contribution in [3.63, 3.8) is 0 Å². The quantitative estimate of drug-likeness (QED) is 0.756. The molecular weight excluding hydrogens is 240 g/mol. The number of aromatic nitrogens is 1. The third-order valence-corrected chi connectivity index (χ3v) is 3.95. The Hall–Kier alpha value is -1.71. The van der Waals surface area contributed by atoms with Crippen LogP contribution in [0.3, 0.4) is 0 Å². The molecule has 2 aromatic carbocycles. The summed E-state index contributed by atoms with van der Waals surface area (Å²) in [5.74, 6) is 0. The highest BCUT2D eigenvalue weighted by Gasteiger charge is 2.03. The lowest BCUT2D eigenvalue weighted by atomic mass is 10.0. The maximum atomic E-state index is 5.61. The van der Waals surface area contributed by atoms with E-state index in [2.05, 4.69) is 47.4 Å². The Balaban J connectivity index is 2.06. The maximum absolute atomic E-state index is 5.61. The first kappa shape index (κ1) is 11.4. The number of aryl methyl sites for hydroxylation is 1. The number of hydrogen-bond acceptors (Lipinski definition) is 3. The third-order valence-electron chi connectivity index (χ3n) is 3.02. The van der Waals surface area contributed by atoms with Gasteiger partial charge in [0, 0.05) is 6.54 Å². The van der Waals surface area contributed by atoms with E-state index in [1.54, 1.807) is 11.3 Å². The zero-order chi connectivity index (χ0) is 12.5. The second kappa shape index (κ2) is 4.52. The van der Waals surface area contributed by atoms with Gasteiger partial charge in [0.25, 0.3) is 0 Å². The number of benzene rings is 2. The Labute approximate surface area is 110 Å². The summed E-state index contributed by atoms with van der Waals surface area (Å²) in [4.78, 5) is 4.48. The Kier molecular flexibility index (Phi) is 2.86. The average Bonchev–Trinajstić information content (AvgIpc) is 2.78. The predicted octanol–water partition coefficient (Wildman–Crippen LogP) is 3.73. The molecule has 3 aromatic rings. The average molecular weight is 254 g/mol. The molecule has 1 heterocycles. The summed E-state index contributed by atoms with van der Waals surface area (Å²) in [7, 11) is 0. The third kappa shape index (κ3) is 2.03. The number of hydrogen-bond donors (Lipinski definition) is 1. The van der Waals surface area contributed by atoms with Crippen molar-refractivity contribution in [2.75, 3.05) is 0 Å². The molecule has 0 aliphatic heterocycles. The van der Waals surface area contributed by atoms with Crippen molar-refractivity contribution in [1.29, 1.82) is 0 Å². The van der Waals surface area contributed by atoms with E-state index >= 15 is 0 Å². The van der Waals surface area contributed by atoms with E-state index in [9.17, 15) is 0 Å². The monoisotopic (exact) mass is 254 g/mol. The van der Waals surface area contributed by atoms with Gasteiger partial charge in [-0.25, -0.2) is 4.98 Å². The van der Waals surface area contributed by atoms with Crippen LogP contribution in [0, 0.1) is 6.92 Å². The minimum Gasteiger partial charge on any atom is -0.326 e. The molecule has 0 amide bonds. The van der Waals surface area contributed by atoms with Crippen LogP contribution in [0.15, 0.2) is 42.5 Å². The molecule has 0 fully saturated rings. The SMILES string of the molecule is Cc1nc2ccc(-c3ccc(CN)cc3)cc2s1. The standard InChI is InChI=1S/C15H14N2S/c1-10-17-14-7-6-13(8-15(14)18-10)12-4-2-11(9-16)3-5-12/h2-8H,9,16H2,1H3. The Morgan fingerprint density at radius 3 is 2.50 bits per heavy atom. The van der Waals surface area contributed by atoms with E-state index in [1.807, 2.05) is 6.92 Å². The van der Waals surface area contributed by atoms with Crippen molar-refractivity contribution in [2.45, 2.75) is 13.5 Å². The minimum absolute atomic E-state index is 0.591. The molecule has 90 valence electrons. The van der Waals surface area contributed by atoms with E-state index in [1.165, 1.54) is 15.8 Å². The molecule has 3 heteroatoms. The summed E-state index contributed by atoms with van der Waals surface area (Å²) >= 11 is 1.74. The number of rotatable bonds is 2. The zero-order valence-electron chi connectivity index (χ0n) is 10.2. The molecule has 3 rings (SSSR count). The van der Waals surface area contributed by atoms with Crippen LogP contribution in [0.4, 0.5) is 0 Å². The van der Waals surface area contributed by atoms with Gasteiger partial charge in [0.1, 0.15) is 0 Å². The minimum atomic E-state index is 0.591. The largest absolute Gasteiger partial charge is 0.326 e. The molecule has 0 spiro atoms. The maximum Gasteiger partial charge on any atom is 0.0907 e. The first-order chi connectivity index (χ1) is 8.76. The van der Waals surface area contributed by atoms with Gasteiger partial charge in [-0.05, 0) is 35.7 Å². The summed E-state index contributed by atoms with van der Waals surface area (Å²) in [6.07, 6.45) is 0. The highest BCUT2D eigenvalue weighted by Crippen LogP contribution is 2.28. The highest BCUT2D eigenvalue weighted by atomic mass is 32.1. The van der Waals surface area contributed by atoms with Crippen LogP contribution in [-0.2, 0) is 6.54 Å². The molecule has 2 nitrogen and oxygen atoms in total. The fourth-order valence-corrected chi connectivity index (χ4v) is 2.92. The van der Waals surface area contributed by atoms with Gasteiger partial charge < -0.3 is 5.73 Å². The van der Waals surface area contributed by atoms with Crippen molar-refractivity contribution >= 4 is 21.6 Å². The molecule has 0 saturated carbocycles. The summed E-state index contributed by atoms with van der Waals surface area (Å²) in [5.41, 5.74) is 10.3. The predicted molar refractivity (Wildman–Crippen MR) is 77.7 cm³/mol. The van der Waals surface area contributed by atoms with Crippen molar-refractivity contribution in [1.82, 2.24) is 4.98 Å². The van der Waals surface area contributed by atoms with E-state index < -0.39 is 0 Å². The van der Waals surface area contributed by atoms with Gasteiger partial charge in [-0.15, -0.1) is 11.3 Å². The van der Waals surface area contributed by atoms with Crippen LogP contribution in [0.5, 0.6) is 0 Å². The molecule has 0 saturated heterocycles. The van der Waals surface area contributed by atoms with Gasteiger partial charge in [-0.3, -0.25) is 0 Å². The summed E-state index contributed by atoms with van der Waals surface area (Å²) in [5, 5.41) is 1.11. The van der Waals surface area contributed by atoms with Crippen LogP contribution in [0.2, 0.25) is 0 Å². The van der Waals surface area contributed by atoms with Crippen molar-refractivity contribution in [2.24, 2.45) is 5.73 Å². The number of fused-ring (bicyclic) bond motifs is 1. The van der Waals surface area contributed by atoms with Gasteiger partial charge in [-0.1, -0.05) is 30.3 Å². The number of thiazole rings is 1. The summed E-state index contributed by atoms with van der Waals surface area (Å²) in [6.45, 7) is 2.63. The highest BCUT2D eigenvalue weighted by molar-refractivity contribution is 7.18. The molecule has 0 bridgehead atoms. The normalized spacial score (nSPS) is 11.0. The summed E-state index contributed by atoms with van der Waals surface area (Å²) < 4.78 is 1.24. The second-order valence-electron chi connectivity index (χ2n) is 4.32. The van der Waals surface area contributed by atoms with Gasteiger partial charge in [0.05, 0.1) is 15.2 Å². The lowest BCUT2D eigenvalue weighted by Crippen LogP contribution is -1.95. The van der Waals surface area contributed by atoms with Crippen LogP contribution in [0.25, 0.3) is 21.3 Å². The van der Waals surface area contributed by atoms with E-state index in [0.717, 1.165) is 16.1 Å².